The Hall–Kier alpha value is -4.52. The van der Waals surface area contributed by atoms with Crippen LogP contribution in [0.3, 0.4) is 0 Å². The van der Waals surface area contributed by atoms with Gasteiger partial charge < -0.3 is 10.6 Å². The number of nitrogens with one attached hydrogen (secondary N) is 2. The van der Waals surface area contributed by atoms with Crippen molar-refractivity contribution in [2.45, 2.75) is 26.8 Å². The molecule has 0 unspecified atom stereocenters. The van der Waals surface area contributed by atoms with E-state index in [1.165, 1.54) is 6.07 Å². The highest BCUT2D eigenvalue weighted by molar-refractivity contribution is 6.04. The van der Waals surface area contributed by atoms with Crippen molar-refractivity contribution in [3.63, 3.8) is 0 Å². The maximum atomic E-state index is 13.3. The summed E-state index contributed by atoms with van der Waals surface area (Å²) in [6.07, 6.45) is 0. The summed E-state index contributed by atoms with van der Waals surface area (Å²) < 4.78 is 1.11. The third-order valence-corrected chi connectivity index (χ3v) is 5.63. The summed E-state index contributed by atoms with van der Waals surface area (Å²) in [4.78, 5) is 39.1. The van der Waals surface area contributed by atoms with E-state index in [9.17, 15) is 14.4 Å². The van der Waals surface area contributed by atoms with Gasteiger partial charge in [-0.25, -0.2) is 4.68 Å². The predicted octanol–water partition coefficient (Wildman–Crippen LogP) is 4.98. The van der Waals surface area contributed by atoms with E-state index in [0.29, 0.717) is 16.9 Å². The van der Waals surface area contributed by atoms with E-state index in [1.807, 2.05) is 50.2 Å². The van der Waals surface area contributed by atoms with Crippen LogP contribution in [0.15, 0.2) is 89.7 Å². The number of carbonyl (C=O) groups is 2. The Balaban J connectivity index is 1.72. The number of nitrogens with zero attached hydrogens (tertiary/aromatic N) is 2. The first-order valence-electron chi connectivity index (χ1n) is 11.3. The molecule has 0 saturated heterocycles. The number of hydrogen-bond donors (Lipinski definition) is 2. The van der Waals surface area contributed by atoms with Crippen LogP contribution in [0.5, 0.6) is 0 Å². The fraction of sp³-hybridized carbons (Fsp3) is 0.143. The standard InChI is InChI=1S/C28H26N4O3/c1-18-9-13-21(14-10-18)24-17-25(30-27(34)22-7-5-4-6-8-22)28(35)32(31-24)20(3)26(33)29-23-15-11-19(2)12-16-23/h4-17,20H,1-3H3,(H,29,33)(H,30,34)/t20-/m1/s1. The fourth-order valence-electron chi connectivity index (χ4n) is 3.51. The van der Waals surface area contributed by atoms with E-state index in [2.05, 4.69) is 15.7 Å². The van der Waals surface area contributed by atoms with Crippen LogP contribution in [0, 0.1) is 13.8 Å². The second kappa shape index (κ2) is 10.2. The molecule has 176 valence electrons. The highest BCUT2D eigenvalue weighted by Gasteiger charge is 2.22. The molecule has 0 bridgehead atoms. The lowest BCUT2D eigenvalue weighted by Gasteiger charge is -2.17. The Labute approximate surface area is 203 Å². The summed E-state index contributed by atoms with van der Waals surface area (Å²) in [5.41, 5.74) is 3.86. The van der Waals surface area contributed by atoms with Crippen molar-refractivity contribution >= 4 is 23.2 Å². The van der Waals surface area contributed by atoms with E-state index in [1.54, 1.807) is 49.4 Å². The molecule has 4 rings (SSSR count). The molecule has 2 amide bonds. The van der Waals surface area contributed by atoms with Gasteiger partial charge in [-0.05, 0) is 51.1 Å². The lowest BCUT2D eigenvalue weighted by atomic mass is 10.1. The van der Waals surface area contributed by atoms with Gasteiger partial charge in [0.2, 0.25) is 5.91 Å². The van der Waals surface area contributed by atoms with E-state index in [-0.39, 0.29) is 5.69 Å². The maximum absolute atomic E-state index is 13.3. The topological polar surface area (TPSA) is 93.1 Å². The third kappa shape index (κ3) is 5.52. The Kier molecular flexibility index (Phi) is 6.87. The summed E-state index contributed by atoms with van der Waals surface area (Å²) in [5, 5.41) is 10.00. The number of anilines is 2. The Bertz CT molecular complexity index is 1410. The average Bonchev–Trinajstić information content (AvgIpc) is 2.87. The van der Waals surface area contributed by atoms with Gasteiger partial charge in [-0.2, -0.15) is 5.10 Å². The molecule has 2 N–H and O–H groups in total. The Morgan fingerprint density at radius 1 is 0.829 bits per heavy atom. The van der Waals surface area contributed by atoms with Gasteiger partial charge in [-0.15, -0.1) is 0 Å². The number of aromatic nitrogens is 2. The number of benzene rings is 3. The largest absolute Gasteiger partial charge is 0.324 e. The van der Waals surface area contributed by atoms with Crippen molar-refractivity contribution in [1.82, 2.24) is 9.78 Å². The molecule has 1 heterocycles. The molecule has 0 aliphatic rings. The number of hydrogen-bond acceptors (Lipinski definition) is 4. The molecule has 7 heteroatoms. The van der Waals surface area contributed by atoms with Gasteiger partial charge in [0.25, 0.3) is 11.5 Å². The van der Waals surface area contributed by atoms with Gasteiger partial charge in [0, 0.05) is 16.8 Å². The first-order chi connectivity index (χ1) is 16.8. The molecule has 1 atom stereocenters. The molecule has 0 radical (unpaired) electrons. The van der Waals surface area contributed by atoms with Gasteiger partial charge in [0.05, 0.1) is 5.69 Å². The molecular formula is C28H26N4O3. The van der Waals surface area contributed by atoms with Gasteiger partial charge in [0.1, 0.15) is 11.7 Å². The molecule has 0 fully saturated rings. The van der Waals surface area contributed by atoms with Crippen LogP contribution in [0.2, 0.25) is 0 Å². The summed E-state index contributed by atoms with van der Waals surface area (Å²) in [5.74, 6) is -0.822. The highest BCUT2D eigenvalue weighted by atomic mass is 16.2. The Morgan fingerprint density at radius 2 is 1.43 bits per heavy atom. The fourth-order valence-corrected chi connectivity index (χ4v) is 3.51. The minimum Gasteiger partial charge on any atom is -0.324 e. The zero-order chi connectivity index (χ0) is 24.9. The predicted molar refractivity (Wildman–Crippen MR) is 138 cm³/mol. The second-order valence-electron chi connectivity index (χ2n) is 8.41. The lowest BCUT2D eigenvalue weighted by Crippen LogP contribution is -2.35. The van der Waals surface area contributed by atoms with Crippen LogP contribution < -0.4 is 16.2 Å². The smallest absolute Gasteiger partial charge is 0.291 e. The molecule has 0 aliphatic heterocycles. The number of aryl methyl sites for hydroxylation is 2. The molecule has 35 heavy (non-hydrogen) atoms. The van der Waals surface area contributed by atoms with Crippen molar-refractivity contribution in [3.05, 3.63) is 112 Å². The quantitative estimate of drug-likeness (QED) is 0.419. The first-order valence-corrected chi connectivity index (χ1v) is 11.3. The average molecular weight is 467 g/mol. The van der Waals surface area contributed by atoms with Crippen molar-refractivity contribution in [2.24, 2.45) is 0 Å². The summed E-state index contributed by atoms with van der Waals surface area (Å²) in [6, 6.07) is 24.2. The van der Waals surface area contributed by atoms with Crippen molar-refractivity contribution < 1.29 is 9.59 Å². The number of rotatable bonds is 6. The van der Waals surface area contributed by atoms with E-state index in [0.717, 1.165) is 21.4 Å². The lowest BCUT2D eigenvalue weighted by molar-refractivity contribution is -0.119. The minimum atomic E-state index is -0.929. The maximum Gasteiger partial charge on any atom is 0.291 e. The van der Waals surface area contributed by atoms with Crippen molar-refractivity contribution in [1.29, 1.82) is 0 Å². The molecule has 1 aromatic heterocycles. The zero-order valence-electron chi connectivity index (χ0n) is 19.8. The Morgan fingerprint density at radius 3 is 2.06 bits per heavy atom. The van der Waals surface area contributed by atoms with Crippen LogP contribution in [0.4, 0.5) is 11.4 Å². The monoisotopic (exact) mass is 466 g/mol. The number of carbonyl (C=O) groups excluding carboxylic acids is 2. The molecule has 0 spiro atoms. The number of amides is 2. The van der Waals surface area contributed by atoms with Gasteiger partial charge in [-0.3, -0.25) is 14.4 Å². The van der Waals surface area contributed by atoms with Gasteiger partial charge in [-0.1, -0.05) is 65.7 Å². The van der Waals surface area contributed by atoms with E-state index < -0.39 is 23.4 Å². The van der Waals surface area contributed by atoms with E-state index in [4.69, 9.17) is 0 Å². The molecule has 3 aromatic carbocycles. The summed E-state index contributed by atoms with van der Waals surface area (Å²) in [7, 11) is 0. The molecule has 0 saturated carbocycles. The highest BCUT2D eigenvalue weighted by Crippen LogP contribution is 2.21. The first kappa shape index (κ1) is 23.6. The minimum absolute atomic E-state index is 0.0411. The van der Waals surface area contributed by atoms with Crippen LogP contribution in [0.25, 0.3) is 11.3 Å². The van der Waals surface area contributed by atoms with Crippen LogP contribution in [0.1, 0.15) is 34.5 Å². The van der Waals surface area contributed by atoms with Gasteiger partial charge >= 0.3 is 0 Å². The normalized spacial score (nSPS) is 11.5. The van der Waals surface area contributed by atoms with Crippen LogP contribution in [-0.2, 0) is 4.79 Å². The zero-order valence-corrected chi connectivity index (χ0v) is 19.8. The molecule has 4 aromatic rings. The summed E-state index contributed by atoms with van der Waals surface area (Å²) in [6.45, 7) is 5.53. The third-order valence-electron chi connectivity index (χ3n) is 5.63. The van der Waals surface area contributed by atoms with Crippen molar-refractivity contribution in [3.8, 4) is 11.3 Å². The molecule has 0 aliphatic carbocycles. The molecule has 7 nitrogen and oxygen atoms in total. The second-order valence-corrected chi connectivity index (χ2v) is 8.41. The SMILES string of the molecule is Cc1ccc(NC(=O)[C@@H](C)n2nc(-c3ccc(C)cc3)cc(NC(=O)c3ccccc3)c2=O)cc1. The van der Waals surface area contributed by atoms with Gasteiger partial charge in [0.15, 0.2) is 0 Å². The summed E-state index contributed by atoms with van der Waals surface area (Å²) >= 11 is 0. The molecular weight excluding hydrogens is 440 g/mol. The van der Waals surface area contributed by atoms with E-state index >= 15 is 0 Å². The van der Waals surface area contributed by atoms with Crippen LogP contribution in [-0.4, -0.2) is 21.6 Å². The van der Waals surface area contributed by atoms with Crippen LogP contribution >= 0.6 is 0 Å². The van der Waals surface area contributed by atoms with Crippen molar-refractivity contribution in [2.75, 3.05) is 10.6 Å².